The third-order valence-corrected chi connectivity index (χ3v) is 5.51. The van der Waals surface area contributed by atoms with Crippen LogP contribution in [0.4, 0.5) is 0 Å². The van der Waals surface area contributed by atoms with Gasteiger partial charge in [0.2, 0.25) is 5.91 Å². The molecule has 5 heteroatoms. The van der Waals surface area contributed by atoms with Crippen molar-refractivity contribution in [3.8, 4) is 5.75 Å². The van der Waals surface area contributed by atoms with Crippen LogP contribution in [0.1, 0.15) is 53.2 Å². The molecule has 1 aliphatic rings. The number of amides is 1. The Morgan fingerprint density at radius 1 is 1.07 bits per heavy atom. The molecule has 0 spiro atoms. The molecule has 3 rings (SSSR count). The molecule has 2 aromatic carbocycles. The van der Waals surface area contributed by atoms with Crippen LogP contribution in [0, 0.1) is 6.92 Å². The topological polar surface area (TPSA) is 58.6 Å². The maximum Gasteiger partial charge on any atom is 0.220 e. The summed E-state index contributed by atoms with van der Waals surface area (Å²) < 4.78 is 5.16. The lowest BCUT2D eigenvalue weighted by molar-refractivity contribution is -0.121. The normalized spacial score (nSPS) is 15.1. The number of ketones is 1. The van der Waals surface area contributed by atoms with Crippen molar-refractivity contribution < 1.29 is 14.3 Å². The van der Waals surface area contributed by atoms with E-state index in [9.17, 15) is 9.59 Å². The Labute approximate surface area is 173 Å². The quantitative estimate of drug-likeness (QED) is 0.655. The van der Waals surface area contributed by atoms with Gasteiger partial charge in [0.1, 0.15) is 5.75 Å². The molecule has 1 saturated heterocycles. The van der Waals surface area contributed by atoms with Crippen LogP contribution in [0.15, 0.2) is 48.5 Å². The van der Waals surface area contributed by atoms with Crippen molar-refractivity contribution >= 4 is 11.7 Å². The first-order chi connectivity index (χ1) is 14.1. The highest BCUT2D eigenvalue weighted by Crippen LogP contribution is 2.25. The number of aryl methyl sites for hydroxylation is 1. The van der Waals surface area contributed by atoms with E-state index in [1.165, 1.54) is 24.0 Å². The van der Waals surface area contributed by atoms with Gasteiger partial charge in [-0.2, -0.15) is 0 Å². The Bertz CT molecular complexity index is 826. The van der Waals surface area contributed by atoms with E-state index in [0.29, 0.717) is 17.9 Å². The average molecular weight is 395 g/mol. The molecule has 1 fully saturated rings. The molecular formula is C24H30N2O3. The summed E-state index contributed by atoms with van der Waals surface area (Å²) >= 11 is 0. The molecular weight excluding hydrogens is 364 g/mol. The molecule has 1 N–H and O–H groups in total. The molecule has 1 atom stereocenters. The minimum atomic E-state index is -0.0856. The van der Waals surface area contributed by atoms with Crippen molar-refractivity contribution in [1.29, 1.82) is 0 Å². The first-order valence-corrected chi connectivity index (χ1v) is 10.3. The van der Waals surface area contributed by atoms with E-state index in [4.69, 9.17) is 4.74 Å². The van der Waals surface area contributed by atoms with Crippen LogP contribution in [0.25, 0.3) is 0 Å². The number of methoxy groups -OCH3 is 1. The lowest BCUT2D eigenvalue weighted by Crippen LogP contribution is -2.36. The van der Waals surface area contributed by atoms with Crippen LogP contribution < -0.4 is 10.1 Å². The molecule has 154 valence electrons. The summed E-state index contributed by atoms with van der Waals surface area (Å²) in [5, 5.41) is 3.04. The summed E-state index contributed by atoms with van der Waals surface area (Å²) in [6.45, 7) is 4.76. The number of ether oxygens (including phenoxy) is 1. The minimum Gasteiger partial charge on any atom is -0.497 e. The number of likely N-dealkylation sites (tertiary alicyclic amines) is 1. The highest BCUT2D eigenvalue weighted by Gasteiger charge is 2.24. The van der Waals surface area contributed by atoms with Gasteiger partial charge in [0.15, 0.2) is 5.78 Å². The summed E-state index contributed by atoms with van der Waals surface area (Å²) in [5.41, 5.74) is 3.03. The highest BCUT2D eigenvalue weighted by molar-refractivity contribution is 5.98. The van der Waals surface area contributed by atoms with Gasteiger partial charge in [-0.15, -0.1) is 0 Å². The van der Waals surface area contributed by atoms with E-state index in [1.54, 1.807) is 31.4 Å². The lowest BCUT2D eigenvalue weighted by atomic mass is 10.0. The second kappa shape index (κ2) is 10.2. The van der Waals surface area contributed by atoms with Gasteiger partial charge in [-0.3, -0.25) is 14.5 Å². The van der Waals surface area contributed by atoms with Gasteiger partial charge >= 0.3 is 0 Å². The standard InChI is InChI=1S/C24H30N2O3/c1-18-8-10-19(11-9-18)22(26-14-3-4-15-26)17-25-24(28)13-12-23(27)20-6-5-7-21(16-20)29-2/h5-11,16,22H,3-4,12-15,17H2,1-2H3,(H,25,28). The number of carbonyl (C=O) groups is 2. The second-order valence-electron chi connectivity index (χ2n) is 7.63. The number of nitrogens with one attached hydrogen (secondary N) is 1. The SMILES string of the molecule is COc1cccc(C(=O)CCC(=O)NCC(c2ccc(C)cc2)N2CCCC2)c1. The van der Waals surface area contributed by atoms with Crippen molar-refractivity contribution in [3.05, 3.63) is 65.2 Å². The summed E-state index contributed by atoms with van der Waals surface area (Å²) in [6.07, 6.45) is 2.78. The second-order valence-corrected chi connectivity index (χ2v) is 7.63. The molecule has 1 unspecified atom stereocenters. The van der Waals surface area contributed by atoms with Crippen LogP contribution >= 0.6 is 0 Å². The molecule has 29 heavy (non-hydrogen) atoms. The number of benzene rings is 2. The smallest absolute Gasteiger partial charge is 0.220 e. The van der Waals surface area contributed by atoms with E-state index in [-0.39, 0.29) is 30.6 Å². The van der Waals surface area contributed by atoms with E-state index in [0.717, 1.165) is 13.1 Å². The van der Waals surface area contributed by atoms with Crippen LogP contribution in [-0.4, -0.2) is 43.3 Å². The third-order valence-electron chi connectivity index (χ3n) is 5.51. The molecule has 1 heterocycles. The van der Waals surface area contributed by atoms with E-state index >= 15 is 0 Å². The van der Waals surface area contributed by atoms with E-state index in [2.05, 4.69) is 41.4 Å². The molecule has 5 nitrogen and oxygen atoms in total. The zero-order valence-electron chi connectivity index (χ0n) is 17.3. The van der Waals surface area contributed by atoms with Gasteiger partial charge in [0, 0.05) is 24.9 Å². The summed E-state index contributed by atoms with van der Waals surface area (Å²) in [5.74, 6) is 0.512. The third kappa shape index (κ3) is 5.91. The number of nitrogens with zero attached hydrogens (tertiary/aromatic N) is 1. The van der Waals surface area contributed by atoms with Crippen LogP contribution in [0.5, 0.6) is 5.75 Å². The fourth-order valence-corrected chi connectivity index (χ4v) is 3.77. The average Bonchev–Trinajstić information content (AvgIpc) is 3.28. The largest absolute Gasteiger partial charge is 0.497 e. The molecule has 0 aliphatic carbocycles. The van der Waals surface area contributed by atoms with Crippen LogP contribution in [0.3, 0.4) is 0 Å². The number of hydrogen-bond acceptors (Lipinski definition) is 4. The molecule has 2 aromatic rings. The molecule has 1 amide bonds. The van der Waals surface area contributed by atoms with Gasteiger partial charge in [-0.1, -0.05) is 42.0 Å². The van der Waals surface area contributed by atoms with Gasteiger partial charge < -0.3 is 10.1 Å². The number of hydrogen-bond donors (Lipinski definition) is 1. The van der Waals surface area contributed by atoms with Crippen molar-refractivity contribution in [2.75, 3.05) is 26.7 Å². The van der Waals surface area contributed by atoms with Crippen molar-refractivity contribution in [3.63, 3.8) is 0 Å². The van der Waals surface area contributed by atoms with E-state index < -0.39 is 0 Å². The van der Waals surface area contributed by atoms with Crippen LogP contribution in [-0.2, 0) is 4.79 Å². The first-order valence-electron chi connectivity index (χ1n) is 10.3. The zero-order valence-corrected chi connectivity index (χ0v) is 17.3. The highest BCUT2D eigenvalue weighted by atomic mass is 16.5. The maximum absolute atomic E-state index is 12.4. The van der Waals surface area contributed by atoms with Crippen molar-refractivity contribution in [2.45, 2.75) is 38.6 Å². The Kier molecular flexibility index (Phi) is 7.42. The zero-order chi connectivity index (χ0) is 20.6. The predicted octanol–water partition coefficient (Wildman–Crippen LogP) is 3.92. The minimum absolute atomic E-state index is 0.0475. The molecule has 0 saturated carbocycles. The first kappa shape index (κ1) is 21.1. The molecule has 0 radical (unpaired) electrons. The van der Waals surface area contributed by atoms with E-state index in [1.807, 2.05) is 0 Å². The van der Waals surface area contributed by atoms with Gasteiger partial charge in [0.25, 0.3) is 0 Å². The Morgan fingerprint density at radius 3 is 2.48 bits per heavy atom. The molecule has 1 aliphatic heterocycles. The van der Waals surface area contributed by atoms with Gasteiger partial charge in [0.05, 0.1) is 13.2 Å². The lowest BCUT2D eigenvalue weighted by Gasteiger charge is -2.28. The van der Waals surface area contributed by atoms with Gasteiger partial charge in [-0.25, -0.2) is 0 Å². The predicted molar refractivity (Wildman–Crippen MR) is 114 cm³/mol. The fourth-order valence-electron chi connectivity index (χ4n) is 3.77. The molecule has 0 bridgehead atoms. The number of Topliss-reactive ketones (excluding diaryl/α,β-unsaturated/α-hetero) is 1. The Hall–Kier alpha value is -2.66. The summed E-state index contributed by atoms with van der Waals surface area (Å²) in [4.78, 5) is 27.2. The van der Waals surface area contributed by atoms with Crippen molar-refractivity contribution in [1.82, 2.24) is 10.2 Å². The van der Waals surface area contributed by atoms with Crippen LogP contribution in [0.2, 0.25) is 0 Å². The Morgan fingerprint density at radius 2 is 1.79 bits per heavy atom. The number of rotatable bonds is 9. The summed E-state index contributed by atoms with van der Waals surface area (Å²) in [7, 11) is 1.57. The fraction of sp³-hybridized carbons (Fsp3) is 0.417. The van der Waals surface area contributed by atoms with Gasteiger partial charge in [-0.05, 0) is 50.6 Å². The number of carbonyl (C=O) groups excluding carboxylic acids is 2. The summed E-state index contributed by atoms with van der Waals surface area (Å²) in [6, 6.07) is 15.8. The molecule has 0 aromatic heterocycles. The van der Waals surface area contributed by atoms with Crippen molar-refractivity contribution in [2.24, 2.45) is 0 Å². The maximum atomic E-state index is 12.4. The Balaban J connectivity index is 1.54. The monoisotopic (exact) mass is 394 g/mol.